The molecule has 0 aliphatic heterocycles. The van der Waals surface area contributed by atoms with Crippen molar-refractivity contribution >= 4 is 28.9 Å². The lowest BCUT2D eigenvalue weighted by Crippen LogP contribution is -2.09. The standard InChI is InChI=1S/C4H8Cl2Si.FH/c1-3-4-7(2,5)6;/h3H,1,4H2,2H3;1H. The zero-order chi connectivity index (χ0) is 5.91. The lowest BCUT2D eigenvalue weighted by molar-refractivity contribution is 1.11. The van der Waals surface area contributed by atoms with Gasteiger partial charge in [0.05, 0.1) is 0 Å². The highest BCUT2D eigenvalue weighted by molar-refractivity contribution is 7.45. The summed E-state index contributed by atoms with van der Waals surface area (Å²) in [6, 6.07) is 0.774. The first-order chi connectivity index (χ1) is 3.06. The van der Waals surface area contributed by atoms with Crippen LogP contribution in [-0.2, 0) is 0 Å². The Morgan fingerprint density at radius 2 is 2.00 bits per heavy atom. The van der Waals surface area contributed by atoms with Gasteiger partial charge in [0.2, 0.25) is 0 Å². The van der Waals surface area contributed by atoms with Gasteiger partial charge in [0.25, 0.3) is 6.69 Å². The van der Waals surface area contributed by atoms with Crippen molar-refractivity contribution in [2.45, 2.75) is 12.6 Å². The Kier molecular flexibility index (Phi) is 6.15. The maximum absolute atomic E-state index is 5.67. The first kappa shape index (κ1) is 11.3. The van der Waals surface area contributed by atoms with Crippen molar-refractivity contribution in [1.29, 1.82) is 0 Å². The monoisotopic (exact) mass is 174 g/mol. The molecule has 50 valence electrons. The Bertz CT molecular complexity index is 68.9. The highest BCUT2D eigenvalue weighted by Crippen LogP contribution is 2.18. The Hall–Kier alpha value is 0.467. The van der Waals surface area contributed by atoms with E-state index in [9.17, 15) is 0 Å². The van der Waals surface area contributed by atoms with Crippen LogP contribution in [0.5, 0.6) is 0 Å². The van der Waals surface area contributed by atoms with E-state index in [1.165, 1.54) is 0 Å². The summed E-state index contributed by atoms with van der Waals surface area (Å²) in [7, 11) is 0. The van der Waals surface area contributed by atoms with Crippen molar-refractivity contribution in [2.24, 2.45) is 0 Å². The van der Waals surface area contributed by atoms with Gasteiger partial charge in [-0.25, -0.2) is 0 Å². The van der Waals surface area contributed by atoms with E-state index in [4.69, 9.17) is 22.2 Å². The van der Waals surface area contributed by atoms with E-state index < -0.39 is 6.69 Å². The van der Waals surface area contributed by atoms with Gasteiger partial charge in [-0.15, -0.1) is 28.7 Å². The first-order valence-electron chi connectivity index (χ1n) is 2.05. The van der Waals surface area contributed by atoms with Gasteiger partial charge < -0.3 is 0 Å². The number of halogens is 3. The summed E-state index contributed by atoms with van der Waals surface area (Å²) >= 11 is 11.3. The minimum Gasteiger partial charge on any atom is -0.269 e. The lowest BCUT2D eigenvalue weighted by Gasteiger charge is -2.02. The third kappa shape index (κ3) is 9.69. The zero-order valence-electron chi connectivity index (χ0n) is 4.66. The van der Waals surface area contributed by atoms with Crippen LogP contribution in [0, 0.1) is 0 Å². The SMILES string of the molecule is C=CC[Si](C)(Cl)Cl.F. The van der Waals surface area contributed by atoms with Crippen molar-refractivity contribution in [1.82, 2.24) is 0 Å². The summed E-state index contributed by atoms with van der Waals surface area (Å²) in [5.74, 6) is 0. The zero-order valence-corrected chi connectivity index (χ0v) is 7.17. The Morgan fingerprint density at radius 1 is 1.62 bits per heavy atom. The van der Waals surface area contributed by atoms with Gasteiger partial charge in [0, 0.05) is 0 Å². The smallest absolute Gasteiger partial charge is 0.252 e. The summed E-state index contributed by atoms with van der Waals surface area (Å²) in [6.45, 7) is 3.55. The molecule has 0 fully saturated rings. The molecule has 0 spiro atoms. The van der Waals surface area contributed by atoms with E-state index in [0.29, 0.717) is 0 Å². The molecule has 0 rings (SSSR count). The number of rotatable bonds is 2. The second kappa shape index (κ2) is 4.36. The fraction of sp³-hybridized carbons (Fsp3) is 0.500. The molecule has 0 aromatic rings. The van der Waals surface area contributed by atoms with Crippen LogP contribution in [0.2, 0.25) is 12.6 Å². The topological polar surface area (TPSA) is 0 Å². The van der Waals surface area contributed by atoms with Crippen molar-refractivity contribution in [3.63, 3.8) is 0 Å². The highest BCUT2D eigenvalue weighted by atomic mass is 35.7. The lowest BCUT2D eigenvalue weighted by atomic mass is 10.8. The molecule has 0 aliphatic rings. The molecule has 0 N–H and O–H groups in total. The quantitative estimate of drug-likeness (QED) is 0.344. The largest absolute Gasteiger partial charge is 0.269 e. The van der Waals surface area contributed by atoms with E-state index in [0.717, 1.165) is 6.04 Å². The maximum Gasteiger partial charge on any atom is 0.252 e. The predicted octanol–water partition coefficient (Wildman–Crippen LogP) is 2.87. The van der Waals surface area contributed by atoms with Crippen LogP contribution >= 0.6 is 22.2 Å². The summed E-state index contributed by atoms with van der Waals surface area (Å²) in [5.41, 5.74) is 0. The normalized spacial score (nSPS) is 9.88. The van der Waals surface area contributed by atoms with Gasteiger partial charge >= 0.3 is 0 Å². The molecule has 0 radical (unpaired) electrons. The number of hydrogen-bond acceptors (Lipinski definition) is 0. The van der Waals surface area contributed by atoms with Crippen LogP contribution in [0.15, 0.2) is 12.7 Å². The van der Waals surface area contributed by atoms with E-state index in [2.05, 4.69) is 6.58 Å². The Morgan fingerprint density at radius 3 is 2.00 bits per heavy atom. The van der Waals surface area contributed by atoms with Gasteiger partial charge in [0.15, 0.2) is 0 Å². The Labute approximate surface area is 59.3 Å². The average Bonchev–Trinajstić information content (AvgIpc) is 1.30. The molecule has 0 amide bonds. The molecule has 0 heterocycles. The van der Waals surface area contributed by atoms with Gasteiger partial charge in [-0.3, -0.25) is 4.70 Å². The van der Waals surface area contributed by atoms with Crippen molar-refractivity contribution in [2.75, 3.05) is 0 Å². The molecule has 0 saturated heterocycles. The summed E-state index contributed by atoms with van der Waals surface area (Å²) in [4.78, 5) is 0. The molecular weight excluding hydrogens is 166 g/mol. The van der Waals surface area contributed by atoms with Crippen molar-refractivity contribution in [3.8, 4) is 0 Å². The minimum absolute atomic E-state index is 0. The Balaban J connectivity index is 0. The van der Waals surface area contributed by atoms with Gasteiger partial charge in [-0.05, 0) is 12.6 Å². The molecule has 0 bridgehead atoms. The fourth-order valence-electron chi connectivity index (χ4n) is 0.253. The van der Waals surface area contributed by atoms with Crippen LogP contribution < -0.4 is 0 Å². The van der Waals surface area contributed by atoms with Crippen molar-refractivity contribution < 1.29 is 4.70 Å². The first-order valence-corrected chi connectivity index (χ1v) is 6.78. The molecule has 0 aromatic carbocycles. The van der Waals surface area contributed by atoms with Crippen LogP contribution in [0.25, 0.3) is 0 Å². The average molecular weight is 175 g/mol. The van der Waals surface area contributed by atoms with E-state index in [1.807, 2.05) is 6.55 Å². The van der Waals surface area contributed by atoms with Crippen LogP contribution in [0.4, 0.5) is 4.70 Å². The molecule has 0 saturated carbocycles. The number of hydrogen-bond donors (Lipinski definition) is 0. The van der Waals surface area contributed by atoms with Crippen molar-refractivity contribution in [3.05, 3.63) is 12.7 Å². The van der Waals surface area contributed by atoms with Crippen LogP contribution in [0.3, 0.4) is 0 Å². The third-order valence-electron chi connectivity index (χ3n) is 0.503. The molecular formula is C4H9Cl2FSi. The second-order valence-corrected chi connectivity index (χ2v) is 9.70. The van der Waals surface area contributed by atoms with Gasteiger partial charge in [0.1, 0.15) is 0 Å². The predicted molar refractivity (Wildman–Crippen MR) is 40.8 cm³/mol. The minimum atomic E-state index is -1.83. The van der Waals surface area contributed by atoms with Crippen LogP contribution in [0.1, 0.15) is 0 Å². The summed E-state index contributed by atoms with van der Waals surface area (Å²) < 4.78 is 0. The summed E-state index contributed by atoms with van der Waals surface area (Å²) in [5, 5.41) is 0. The van der Waals surface area contributed by atoms with E-state index in [1.54, 1.807) is 6.08 Å². The summed E-state index contributed by atoms with van der Waals surface area (Å²) in [6.07, 6.45) is 1.76. The molecule has 0 aromatic heterocycles. The third-order valence-corrected chi connectivity index (χ3v) is 2.43. The molecule has 0 nitrogen and oxygen atoms in total. The molecule has 4 heteroatoms. The fourth-order valence-corrected chi connectivity index (χ4v) is 1.41. The van der Waals surface area contributed by atoms with E-state index >= 15 is 0 Å². The molecule has 0 unspecified atom stereocenters. The molecule has 0 atom stereocenters. The van der Waals surface area contributed by atoms with E-state index in [-0.39, 0.29) is 4.70 Å². The number of allylic oxidation sites excluding steroid dienone is 1. The van der Waals surface area contributed by atoms with Gasteiger partial charge in [-0.1, -0.05) is 6.08 Å². The molecule has 8 heavy (non-hydrogen) atoms. The highest BCUT2D eigenvalue weighted by Gasteiger charge is 2.17. The van der Waals surface area contributed by atoms with Gasteiger partial charge in [-0.2, -0.15) is 0 Å². The maximum atomic E-state index is 5.67. The second-order valence-electron chi connectivity index (χ2n) is 1.56. The van der Waals surface area contributed by atoms with Crippen LogP contribution in [-0.4, -0.2) is 6.69 Å². The molecule has 0 aliphatic carbocycles.